The third-order valence-electron chi connectivity index (χ3n) is 5.97. The van der Waals surface area contributed by atoms with E-state index in [1.165, 1.54) is 4.57 Å². The molecule has 0 atom stereocenters. The fourth-order valence-electron chi connectivity index (χ4n) is 4.27. The topological polar surface area (TPSA) is 48.5 Å². The Morgan fingerprint density at radius 3 is 1.92 bits per heavy atom. The predicted octanol–water partition coefficient (Wildman–Crippen LogP) is 6.64. The summed E-state index contributed by atoms with van der Waals surface area (Å²) in [6.45, 7) is 0. The summed E-state index contributed by atoms with van der Waals surface area (Å²) < 4.78 is 74.8. The number of aromatic nitrogens is 5. The van der Waals surface area contributed by atoms with Crippen molar-refractivity contribution in [2.75, 3.05) is 0 Å². The van der Waals surface area contributed by atoms with Gasteiger partial charge < -0.3 is 0 Å². The molecule has 182 valence electrons. The molecule has 4 aromatic carbocycles. The van der Waals surface area contributed by atoms with Crippen molar-refractivity contribution in [1.29, 1.82) is 0 Å². The van der Waals surface area contributed by atoms with E-state index in [2.05, 4.69) is 15.2 Å². The zero-order chi connectivity index (χ0) is 25.7. The Labute approximate surface area is 206 Å². The van der Waals surface area contributed by atoms with Gasteiger partial charge in [-0.3, -0.25) is 9.13 Å². The van der Waals surface area contributed by atoms with Gasteiger partial charge in [0, 0.05) is 11.3 Å². The van der Waals surface area contributed by atoms with E-state index >= 15 is 0 Å². The zero-order valence-corrected chi connectivity index (χ0v) is 18.7. The van der Waals surface area contributed by atoms with Gasteiger partial charge in [0.25, 0.3) is 0 Å². The maximum absolute atomic E-state index is 14.9. The van der Waals surface area contributed by atoms with E-state index in [1.807, 2.05) is 28.8 Å². The Balaban J connectivity index is 1.67. The maximum Gasteiger partial charge on any atom is 0.200 e. The van der Waals surface area contributed by atoms with Crippen LogP contribution in [0.1, 0.15) is 0 Å². The number of benzene rings is 4. The minimum atomic E-state index is -2.25. The van der Waals surface area contributed by atoms with E-state index in [4.69, 9.17) is 0 Å². The van der Waals surface area contributed by atoms with Gasteiger partial charge in [0.1, 0.15) is 6.33 Å². The SMILES string of the molecule is Fc1c(F)c(F)c(-c2nnc(-c3ccccc3-n3cnc4ccccc43)n2-c2ccccc2)c(F)c1F. The van der Waals surface area contributed by atoms with Crippen LogP contribution in [0.3, 0.4) is 0 Å². The van der Waals surface area contributed by atoms with Crippen molar-refractivity contribution in [3.63, 3.8) is 0 Å². The van der Waals surface area contributed by atoms with E-state index in [-0.39, 0.29) is 5.82 Å². The molecule has 0 radical (unpaired) electrons. The van der Waals surface area contributed by atoms with Crippen molar-refractivity contribution in [3.05, 3.63) is 114 Å². The summed E-state index contributed by atoms with van der Waals surface area (Å²) in [5.41, 5.74) is 1.81. The maximum atomic E-state index is 14.9. The van der Waals surface area contributed by atoms with Gasteiger partial charge in [-0.15, -0.1) is 10.2 Å². The average Bonchev–Trinajstić information content (AvgIpc) is 3.56. The normalized spacial score (nSPS) is 11.4. The Morgan fingerprint density at radius 2 is 1.16 bits per heavy atom. The fourth-order valence-corrected chi connectivity index (χ4v) is 4.27. The van der Waals surface area contributed by atoms with Gasteiger partial charge in [-0.2, -0.15) is 0 Å². The molecule has 0 fully saturated rings. The van der Waals surface area contributed by atoms with Gasteiger partial charge in [0.05, 0.1) is 22.3 Å². The molecule has 0 saturated heterocycles. The smallest absolute Gasteiger partial charge is 0.200 e. The summed E-state index contributed by atoms with van der Waals surface area (Å²) in [5, 5.41) is 8.07. The third-order valence-corrected chi connectivity index (χ3v) is 5.97. The zero-order valence-electron chi connectivity index (χ0n) is 18.7. The second-order valence-corrected chi connectivity index (χ2v) is 8.08. The van der Waals surface area contributed by atoms with E-state index in [0.717, 1.165) is 11.0 Å². The molecule has 0 spiro atoms. The highest BCUT2D eigenvalue weighted by Gasteiger charge is 2.31. The van der Waals surface area contributed by atoms with Gasteiger partial charge in [-0.25, -0.2) is 26.9 Å². The molecule has 0 bridgehead atoms. The van der Waals surface area contributed by atoms with Crippen LogP contribution in [-0.2, 0) is 0 Å². The number of halogens is 5. The number of rotatable bonds is 4. The summed E-state index contributed by atoms with van der Waals surface area (Å²) in [7, 11) is 0. The first-order chi connectivity index (χ1) is 18.0. The Hall–Kier alpha value is -4.86. The van der Waals surface area contributed by atoms with Crippen molar-refractivity contribution in [1.82, 2.24) is 24.3 Å². The number of hydrogen-bond donors (Lipinski definition) is 0. The summed E-state index contributed by atoms with van der Waals surface area (Å²) in [6.07, 6.45) is 1.62. The summed E-state index contributed by atoms with van der Waals surface area (Å²) >= 11 is 0. The Kier molecular flexibility index (Phi) is 5.29. The quantitative estimate of drug-likeness (QED) is 0.154. The molecule has 0 amide bonds. The van der Waals surface area contributed by atoms with Gasteiger partial charge in [0.2, 0.25) is 5.82 Å². The molecule has 0 saturated carbocycles. The second kappa shape index (κ2) is 8.66. The van der Waals surface area contributed by atoms with Crippen molar-refractivity contribution >= 4 is 11.0 Å². The number of para-hydroxylation sites is 4. The largest absolute Gasteiger partial charge is 0.298 e. The monoisotopic (exact) mass is 503 g/mol. The van der Waals surface area contributed by atoms with Crippen molar-refractivity contribution in [3.8, 4) is 34.2 Å². The van der Waals surface area contributed by atoms with Crippen molar-refractivity contribution in [2.24, 2.45) is 0 Å². The molecular weight excluding hydrogens is 489 g/mol. The van der Waals surface area contributed by atoms with Crippen LogP contribution in [0.2, 0.25) is 0 Å². The minimum Gasteiger partial charge on any atom is -0.298 e. The van der Waals surface area contributed by atoms with Crippen LogP contribution >= 0.6 is 0 Å². The fraction of sp³-hybridized carbons (Fsp3) is 0. The van der Waals surface area contributed by atoms with E-state index in [0.29, 0.717) is 16.9 Å². The van der Waals surface area contributed by atoms with Crippen LogP contribution in [0.25, 0.3) is 45.2 Å². The predicted molar refractivity (Wildman–Crippen MR) is 127 cm³/mol. The van der Waals surface area contributed by atoms with Crippen LogP contribution in [0.4, 0.5) is 22.0 Å². The lowest BCUT2D eigenvalue weighted by Gasteiger charge is -2.15. The molecule has 10 heteroatoms. The van der Waals surface area contributed by atoms with E-state index < -0.39 is 40.5 Å². The minimum absolute atomic E-state index is 0.124. The molecule has 2 heterocycles. The molecule has 2 aromatic heterocycles. The molecule has 5 nitrogen and oxygen atoms in total. The van der Waals surface area contributed by atoms with Crippen LogP contribution < -0.4 is 0 Å². The first kappa shape index (κ1) is 22.6. The lowest BCUT2D eigenvalue weighted by atomic mass is 10.1. The highest BCUT2D eigenvalue weighted by atomic mass is 19.2. The molecule has 0 aliphatic rings. The van der Waals surface area contributed by atoms with Crippen LogP contribution in [0.15, 0.2) is 85.2 Å². The molecule has 0 aliphatic heterocycles. The summed E-state index contributed by atoms with van der Waals surface area (Å²) in [4.78, 5) is 4.42. The molecular formula is C27H14F5N5. The Bertz CT molecular complexity index is 1760. The number of imidazole rings is 1. The molecule has 0 N–H and O–H groups in total. The second-order valence-electron chi connectivity index (χ2n) is 8.08. The van der Waals surface area contributed by atoms with Crippen molar-refractivity contribution < 1.29 is 22.0 Å². The Morgan fingerprint density at radius 1 is 0.568 bits per heavy atom. The van der Waals surface area contributed by atoms with Crippen LogP contribution in [0.5, 0.6) is 0 Å². The van der Waals surface area contributed by atoms with Gasteiger partial charge in [0.15, 0.2) is 34.9 Å². The number of hydrogen-bond acceptors (Lipinski definition) is 3. The van der Waals surface area contributed by atoms with Gasteiger partial charge in [-0.05, 0) is 36.4 Å². The molecule has 6 rings (SSSR count). The highest BCUT2D eigenvalue weighted by molar-refractivity contribution is 5.81. The standard InChI is InChI=1S/C27H14F5N5/c28-21-20(22(29)24(31)25(32)23(21)30)27-35-34-26(37(27)15-8-2-1-3-9-15)16-10-4-6-12-18(16)36-14-33-17-11-5-7-13-19(17)36/h1-14H. The van der Waals surface area contributed by atoms with Crippen LogP contribution in [-0.4, -0.2) is 24.3 Å². The van der Waals surface area contributed by atoms with Gasteiger partial charge in [-0.1, -0.05) is 42.5 Å². The molecule has 0 unspecified atom stereocenters. The van der Waals surface area contributed by atoms with Crippen LogP contribution in [0, 0.1) is 29.1 Å². The first-order valence-electron chi connectivity index (χ1n) is 11.0. The summed E-state index contributed by atoms with van der Waals surface area (Å²) in [5.74, 6) is -10.8. The molecule has 0 aliphatic carbocycles. The van der Waals surface area contributed by atoms with Crippen molar-refractivity contribution in [2.45, 2.75) is 0 Å². The number of fused-ring (bicyclic) bond motifs is 1. The summed E-state index contributed by atoms with van der Waals surface area (Å²) in [6, 6.07) is 22.7. The lowest BCUT2D eigenvalue weighted by Crippen LogP contribution is -2.08. The third kappa shape index (κ3) is 3.48. The van der Waals surface area contributed by atoms with E-state index in [9.17, 15) is 22.0 Å². The first-order valence-corrected chi connectivity index (χ1v) is 11.0. The molecule has 37 heavy (non-hydrogen) atoms. The highest BCUT2D eigenvalue weighted by Crippen LogP contribution is 2.36. The molecule has 6 aromatic rings. The van der Waals surface area contributed by atoms with Gasteiger partial charge >= 0.3 is 0 Å². The number of nitrogens with zero attached hydrogens (tertiary/aromatic N) is 5. The van der Waals surface area contributed by atoms with E-state index in [1.54, 1.807) is 60.9 Å². The average molecular weight is 503 g/mol. The lowest BCUT2D eigenvalue weighted by molar-refractivity contribution is 0.380.